The second kappa shape index (κ2) is 11.8. The van der Waals surface area contributed by atoms with E-state index in [4.69, 9.17) is 4.74 Å². The summed E-state index contributed by atoms with van der Waals surface area (Å²) in [6.07, 6.45) is 1.70. The van der Waals surface area contributed by atoms with Crippen LogP contribution in [-0.2, 0) is 0 Å². The molecule has 0 aliphatic rings. The van der Waals surface area contributed by atoms with Crippen LogP contribution in [0.4, 0.5) is 0 Å². The number of rotatable bonds is 7. The number of carbonyl (C=O) groups excluding carboxylic acids is 1. The third-order valence-corrected chi connectivity index (χ3v) is 7.43. The second-order valence-corrected chi connectivity index (χ2v) is 10.5. The van der Waals surface area contributed by atoms with E-state index >= 15 is 0 Å². The number of aromatic nitrogens is 1. The van der Waals surface area contributed by atoms with E-state index in [-0.39, 0.29) is 5.91 Å². The first-order chi connectivity index (χ1) is 18.5. The van der Waals surface area contributed by atoms with Gasteiger partial charge >= 0.3 is 0 Å². The van der Waals surface area contributed by atoms with Gasteiger partial charge in [-0.25, -0.2) is 5.43 Å². The van der Waals surface area contributed by atoms with Gasteiger partial charge in [-0.05, 0) is 82.2 Å². The van der Waals surface area contributed by atoms with Crippen LogP contribution in [0.5, 0.6) is 5.75 Å². The number of hydrogen-bond acceptors (Lipinski definition) is 3. The van der Waals surface area contributed by atoms with Crippen molar-refractivity contribution in [2.24, 2.45) is 5.10 Å². The number of hydrogen-bond donors (Lipinski definition) is 1. The molecule has 0 saturated heterocycles. The third-order valence-electron chi connectivity index (χ3n) is 6.01. The predicted molar refractivity (Wildman–Crippen MR) is 165 cm³/mol. The maximum atomic E-state index is 12.8. The van der Waals surface area contributed by atoms with Crippen LogP contribution in [-0.4, -0.2) is 23.8 Å². The topological polar surface area (TPSA) is 55.6 Å². The number of benzene rings is 4. The Morgan fingerprint density at radius 1 is 0.895 bits per heavy atom. The Bertz CT molecular complexity index is 1600. The van der Waals surface area contributed by atoms with Crippen molar-refractivity contribution in [3.05, 3.63) is 128 Å². The van der Waals surface area contributed by atoms with Crippen LogP contribution in [0.2, 0.25) is 0 Å². The number of methoxy groups -OCH3 is 1. The molecule has 0 bridgehead atoms. The van der Waals surface area contributed by atoms with Gasteiger partial charge in [0.15, 0.2) is 0 Å². The average Bonchev–Trinajstić information content (AvgIpc) is 3.34. The van der Waals surface area contributed by atoms with Crippen molar-refractivity contribution in [3.63, 3.8) is 0 Å². The molecule has 4 aromatic carbocycles. The van der Waals surface area contributed by atoms with E-state index in [0.29, 0.717) is 11.3 Å². The summed E-state index contributed by atoms with van der Waals surface area (Å²) in [5.41, 5.74) is 9.13. The Labute approximate surface area is 243 Å². The zero-order valence-electron chi connectivity index (χ0n) is 20.4. The SMILES string of the molecule is COc1cc(C(=O)N/N=C/c2cc(-c3ccccc3)n(-c3ccc(Br)cc3)c2-c2ccccc2)ccc1I. The molecular formula is C31H23BrIN3O2. The van der Waals surface area contributed by atoms with Crippen LogP contribution < -0.4 is 10.2 Å². The van der Waals surface area contributed by atoms with E-state index in [2.05, 4.69) is 96.1 Å². The Hall–Kier alpha value is -3.69. The number of hydrazone groups is 1. The summed E-state index contributed by atoms with van der Waals surface area (Å²) in [5, 5.41) is 4.35. The van der Waals surface area contributed by atoms with E-state index in [1.54, 1.807) is 25.5 Å². The molecule has 0 aliphatic heterocycles. The van der Waals surface area contributed by atoms with Crippen molar-refractivity contribution < 1.29 is 9.53 Å². The molecule has 38 heavy (non-hydrogen) atoms. The van der Waals surface area contributed by atoms with Gasteiger partial charge in [0.2, 0.25) is 0 Å². The lowest BCUT2D eigenvalue weighted by Gasteiger charge is -2.15. The average molecular weight is 676 g/mol. The normalized spacial score (nSPS) is 11.0. The molecule has 5 rings (SSSR count). The van der Waals surface area contributed by atoms with Crippen molar-refractivity contribution in [2.45, 2.75) is 0 Å². The number of nitrogens with one attached hydrogen (secondary N) is 1. The first kappa shape index (κ1) is 25.9. The summed E-state index contributed by atoms with van der Waals surface area (Å²) < 4.78 is 9.51. The number of nitrogens with zero attached hydrogens (tertiary/aromatic N) is 2. The van der Waals surface area contributed by atoms with Gasteiger partial charge in [-0.15, -0.1) is 0 Å². The first-order valence-corrected chi connectivity index (χ1v) is 13.7. The number of carbonyl (C=O) groups is 1. The summed E-state index contributed by atoms with van der Waals surface area (Å²) in [7, 11) is 1.59. The van der Waals surface area contributed by atoms with Crippen molar-refractivity contribution in [1.29, 1.82) is 0 Å². The smallest absolute Gasteiger partial charge is 0.271 e. The van der Waals surface area contributed by atoms with Gasteiger partial charge in [0.05, 0.1) is 28.3 Å². The molecule has 188 valence electrons. The molecule has 0 saturated carbocycles. The van der Waals surface area contributed by atoms with E-state index in [1.165, 1.54) is 0 Å². The van der Waals surface area contributed by atoms with Crippen LogP contribution in [0, 0.1) is 3.57 Å². The van der Waals surface area contributed by atoms with E-state index < -0.39 is 0 Å². The maximum Gasteiger partial charge on any atom is 0.271 e. The van der Waals surface area contributed by atoms with Gasteiger partial charge in [-0.2, -0.15) is 5.10 Å². The lowest BCUT2D eigenvalue weighted by molar-refractivity contribution is 0.0954. The van der Waals surface area contributed by atoms with Crippen LogP contribution in [0.25, 0.3) is 28.2 Å². The van der Waals surface area contributed by atoms with Gasteiger partial charge in [0.1, 0.15) is 5.75 Å². The predicted octanol–water partition coefficient (Wildman–Crippen LogP) is 7.95. The molecule has 7 heteroatoms. The number of halogens is 2. The molecule has 5 nitrogen and oxygen atoms in total. The second-order valence-electron chi connectivity index (χ2n) is 8.43. The summed E-state index contributed by atoms with van der Waals surface area (Å²) in [5.74, 6) is 0.334. The zero-order valence-corrected chi connectivity index (χ0v) is 24.2. The van der Waals surface area contributed by atoms with Crippen molar-refractivity contribution in [2.75, 3.05) is 7.11 Å². The molecule has 1 heterocycles. The van der Waals surface area contributed by atoms with Crippen molar-refractivity contribution in [1.82, 2.24) is 9.99 Å². The molecule has 1 aromatic heterocycles. The highest BCUT2D eigenvalue weighted by atomic mass is 127. The Balaban J connectivity index is 1.60. The number of ether oxygens (including phenoxy) is 1. The van der Waals surface area contributed by atoms with E-state index in [0.717, 1.165) is 41.8 Å². The molecule has 0 aliphatic carbocycles. The van der Waals surface area contributed by atoms with Gasteiger partial charge < -0.3 is 9.30 Å². The highest BCUT2D eigenvalue weighted by Crippen LogP contribution is 2.35. The van der Waals surface area contributed by atoms with Gasteiger partial charge in [-0.1, -0.05) is 76.6 Å². The van der Waals surface area contributed by atoms with E-state index in [9.17, 15) is 4.79 Å². The lowest BCUT2D eigenvalue weighted by atomic mass is 10.1. The quantitative estimate of drug-likeness (QED) is 0.108. The molecular weight excluding hydrogens is 653 g/mol. The monoisotopic (exact) mass is 675 g/mol. The minimum Gasteiger partial charge on any atom is -0.496 e. The fourth-order valence-corrected chi connectivity index (χ4v) is 5.05. The molecule has 0 fully saturated rings. The summed E-state index contributed by atoms with van der Waals surface area (Å²) >= 11 is 5.72. The molecule has 0 radical (unpaired) electrons. The van der Waals surface area contributed by atoms with Gasteiger partial charge in [0.25, 0.3) is 5.91 Å². The number of amides is 1. The minimum absolute atomic E-state index is 0.312. The molecule has 0 spiro atoms. The molecule has 0 atom stereocenters. The van der Waals surface area contributed by atoms with Crippen LogP contribution >= 0.6 is 38.5 Å². The Morgan fingerprint density at radius 3 is 2.21 bits per heavy atom. The van der Waals surface area contributed by atoms with Crippen molar-refractivity contribution >= 4 is 50.6 Å². The first-order valence-electron chi connectivity index (χ1n) is 11.8. The highest BCUT2D eigenvalue weighted by Gasteiger charge is 2.19. The van der Waals surface area contributed by atoms with E-state index in [1.807, 2.05) is 54.6 Å². The van der Waals surface area contributed by atoms with Crippen molar-refractivity contribution in [3.8, 4) is 34.0 Å². The maximum absolute atomic E-state index is 12.8. The fourth-order valence-electron chi connectivity index (χ4n) is 4.23. The molecule has 0 unspecified atom stereocenters. The highest BCUT2D eigenvalue weighted by molar-refractivity contribution is 14.1. The summed E-state index contributed by atoms with van der Waals surface area (Å²) in [6, 6.07) is 36.0. The largest absolute Gasteiger partial charge is 0.496 e. The lowest BCUT2D eigenvalue weighted by Crippen LogP contribution is -2.17. The van der Waals surface area contributed by atoms with Crippen LogP contribution in [0.3, 0.4) is 0 Å². The molecule has 1 N–H and O–H groups in total. The fraction of sp³-hybridized carbons (Fsp3) is 0.0323. The van der Waals surface area contributed by atoms with Gasteiger partial charge in [-0.3, -0.25) is 4.79 Å². The molecule has 5 aromatic rings. The summed E-state index contributed by atoms with van der Waals surface area (Å²) in [6.45, 7) is 0. The van der Waals surface area contributed by atoms with Crippen LogP contribution in [0.15, 0.2) is 119 Å². The zero-order chi connectivity index (χ0) is 26.5. The van der Waals surface area contributed by atoms with Crippen LogP contribution in [0.1, 0.15) is 15.9 Å². The molecule has 1 amide bonds. The Kier molecular flexibility index (Phi) is 8.05. The third kappa shape index (κ3) is 5.58. The summed E-state index contributed by atoms with van der Waals surface area (Å²) in [4.78, 5) is 12.8. The standard InChI is InChI=1S/C31H23BrIN3O2/c1-38-29-19-23(12-17-27(29)33)31(37)35-34-20-24-18-28(21-8-4-2-5-9-21)36(26-15-13-25(32)14-16-26)30(24)22-10-6-3-7-11-22/h2-20H,1H3,(H,35,37)/b34-20+. The van der Waals surface area contributed by atoms with Gasteiger partial charge in [0, 0.05) is 21.3 Å². The Morgan fingerprint density at radius 2 is 1.55 bits per heavy atom. The minimum atomic E-state index is -0.312.